The lowest BCUT2D eigenvalue weighted by Gasteiger charge is -2.19. The molecule has 0 unspecified atom stereocenters. The van der Waals surface area contributed by atoms with Gasteiger partial charge in [0, 0.05) is 23.5 Å². The molecular formula is C15H17N5S. The van der Waals surface area contributed by atoms with Crippen LogP contribution in [-0.4, -0.2) is 25.7 Å². The Balaban J connectivity index is 1.92. The van der Waals surface area contributed by atoms with E-state index in [4.69, 9.17) is 0 Å². The molecule has 0 spiro atoms. The average Bonchev–Trinajstić information content (AvgIpc) is 2.92. The summed E-state index contributed by atoms with van der Waals surface area (Å²) in [4.78, 5) is 8.74. The molecule has 0 fully saturated rings. The Hall–Kier alpha value is -1.92. The van der Waals surface area contributed by atoms with Crippen LogP contribution in [0.3, 0.4) is 0 Å². The van der Waals surface area contributed by atoms with E-state index in [1.807, 2.05) is 18.2 Å². The quantitative estimate of drug-likeness (QED) is 0.805. The van der Waals surface area contributed by atoms with Crippen LogP contribution in [0.5, 0.6) is 0 Å². The molecule has 0 saturated carbocycles. The summed E-state index contributed by atoms with van der Waals surface area (Å²) in [5, 5.41) is 13.8. The molecule has 0 aliphatic heterocycles. The molecule has 6 heteroatoms. The summed E-state index contributed by atoms with van der Waals surface area (Å²) in [5.74, 6) is 0. The standard InChI is InChI=1S/C15H17N5S/c1-15(2,3)18-9-12-19-20-14(21-12)10-5-4-6-11-13(10)17-8-7-16-11/h4-8,18H,9H2,1-3H3. The predicted octanol–water partition coefficient (Wildman–Crippen LogP) is 3.04. The number of nitrogens with one attached hydrogen (secondary N) is 1. The Bertz CT molecular complexity index is 755. The van der Waals surface area contributed by atoms with Crippen LogP contribution in [0.2, 0.25) is 0 Å². The number of rotatable bonds is 3. The van der Waals surface area contributed by atoms with Crippen LogP contribution in [0.4, 0.5) is 0 Å². The highest BCUT2D eigenvalue weighted by atomic mass is 32.1. The van der Waals surface area contributed by atoms with Crippen LogP contribution in [0.15, 0.2) is 30.6 Å². The number of hydrogen-bond acceptors (Lipinski definition) is 6. The number of aromatic nitrogens is 4. The molecule has 0 bridgehead atoms. The molecule has 2 heterocycles. The van der Waals surface area contributed by atoms with Crippen LogP contribution in [-0.2, 0) is 6.54 Å². The van der Waals surface area contributed by atoms with E-state index in [0.717, 1.165) is 33.2 Å². The second kappa shape index (κ2) is 5.46. The van der Waals surface area contributed by atoms with Crippen LogP contribution >= 0.6 is 11.3 Å². The van der Waals surface area contributed by atoms with E-state index in [0.29, 0.717) is 0 Å². The van der Waals surface area contributed by atoms with Crippen LogP contribution in [0.25, 0.3) is 21.6 Å². The van der Waals surface area contributed by atoms with Crippen molar-refractivity contribution in [3.63, 3.8) is 0 Å². The third-order valence-electron chi connectivity index (χ3n) is 2.97. The van der Waals surface area contributed by atoms with Crippen molar-refractivity contribution in [3.05, 3.63) is 35.6 Å². The predicted molar refractivity (Wildman–Crippen MR) is 85.0 cm³/mol. The van der Waals surface area contributed by atoms with E-state index in [1.54, 1.807) is 23.7 Å². The first-order valence-corrected chi connectivity index (χ1v) is 7.62. The van der Waals surface area contributed by atoms with Gasteiger partial charge in [-0.2, -0.15) is 0 Å². The second-order valence-electron chi connectivity index (χ2n) is 5.83. The Morgan fingerprint density at radius 1 is 1.10 bits per heavy atom. The lowest BCUT2D eigenvalue weighted by atomic mass is 10.1. The minimum absolute atomic E-state index is 0.0662. The van der Waals surface area contributed by atoms with Gasteiger partial charge in [-0.3, -0.25) is 9.97 Å². The Kier molecular flexibility index (Phi) is 3.65. The largest absolute Gasteiger partial charge is 0.306 e. The van der Waals surface area contributed by atoms with Crippen LogP contribution in [0.1, 0.15) is 25.8 Å². The van der Waals surface area contributed by atoms with E-state index in [1.165, 1.54) is 0 Å². The highest BCUT2D eigenvalue weighted by molar-refractivity contribution is 7.14. The van der Waals surface area contributed by atoms with Gasteiger partial charge in [0.15, 0.2) is 0 Å². The summed E-state index contributed by atoms with van der Waals surface area (Å²) in [6.45, 7) is 7.12. The summed E-state index contributed by atoms with van der Waals surface area (Å²) >= 11 is 1.59. The SMILES string of the molecule is CC(C)(C)NCc1nnc(-c2cccc3nccnc23)s1. The molecule has 5 nitrogen and oxygen atoms in total. The highest BCUT2D eigenvalue weighted by Crippen LogP contribution is 2.28. The van der Waals surface area contributed by atoms with E-state index in [9.17, 15) is 0 Å². The third kappa shape index (κ3) is 3.22. The Morgan fingerprint density at radius 2 is 1.90 bits per heavy atom. The second-order valence-corrected chi connectivity index (χ2v) is 6.90. The van der Waals surface area contributed by atoms with Crippen molar-refractivity contribution in [2.75, 3.05) is 0 Å². The summed E-state index contributed by atoms with van der Waals surface area (Å²) in [5.41, 5.74) is 2.79. The molecule has 2 aromatic heterocycles. The van der Waals surface area contributed by atoms with Gasteiger partial charge in [-0.15, -0.1) is 10.2 Å². The maximum Gasteiger partial charge on any atom is 0.150 e. The zero-order valence-electron chi connectivity index (χ0n) is 12.3. The molecule has 21 heavy (non-hydrogen) atoms. The van der Waals surface area contributed by atoms with E-state index in [2.05, 4.69) is 46.3 Å². The van der Waals surface area contributed by atoms with Gasteiger partial charge in [0.1, 0.15) is 10.0 Å². The zero-order chi connectivity index (χ0) is 14.9. The lowest BCUT2D eigenvalue weighted by Crippen LogP contribution is -2.35. The number of hydrogen-bond donors (Lipinski definition) is 1. The number of benzene rings is 1. The van der Waals surface area contributed by atoms with Crippen molar-refractivity contribution in [1.82, 2.24) is 25.5 Å². The van der Waals surface area contributed by atoms with Gasteiger partial charge in [0.05, 0.1) is 17.6 Å². The summed E-state index contributed by atoms with van der Waals surface area (Å²) in [6.07, 6.45) is 3.40. The smallest absolute Gasteiger partial charge is 0.150 e. The van der Waals surface area contributed by atoms with Crippen molar-refractivity contribution >= 4 is 22.4 Å². The minimum atomic E-state index is 0.0662. The van der Waals surface area contributed by atoms with Crippen molar-refractivity contribution in [1.29, 1.82) is 0 Å². The lowest BCUT2D eigenvalue weighted by molar-refractivity contribution is 0.423. The molecule has 3 aromatic rings. The van der Waals surface area contributed by atoms with E-state index >= 15 is 0 Å². The Morgan fingerprint density at radius 3 is 2.71 bits per heavy atom. The molecule has 1 N–H and O–H groups in total. The minimum Gasteiger partial charge on any atom is -0.306 e. The summed E-state index contributed by atoms with van der Waals surface area (Å²) in [7, 11) is 0. The van der Waals surface area contributed by atoms with Gasteiger partial charge in [0.2, 0.25) is 0 Å². The normalized spacial score (nSPS) is 12.0. The molecule has 0 saturated heterocycles. The maximum absolute atomic E-state index is 4.41. The monoisotopic (exact) mass is 299 g/mol. The van der Waals surface area contributed by atoms with Gasteiger partial charge in [-0.05, 0) is 32.9 Å². The van der Waals surface area contributed by atoms with Crippen molar-refractivity contribution in [3.8, 4) is 10.6 Å². The fraction of sp³-hybridized carbons (Fsp3) is 0.333. The van der Waals surface area contributed by atoms with Crippen molar-refractivity contribution in [2.45, 2.75) is 32.9 Å². The molecule has 0 amide bonds. The van der Waals surface area contributed by atoms with Gasteiger partial charge in [0.25, 0.3) is 0 Å². The Labute approximate surface area is 127 Å². The van der Waals surface area contributed by atoms with E-state index in [-0.39, 0.29) is 5.54 Å². The number of fused-ring (bicyclic) bond motifs is 1. The molecule has 108 valence electrons. The van der Waals surface area contributed by atoms with Gasteiger partial charge in [-0.1, -0.05) is 17.4 Å². The molecule has 0 aliphatic rings. The van der Waals surface area contributed by atoms with Gasteiger partial charge < -0.3 is 5.32 Å². The van der Waals surface area contributed by atoms with Crippen LogP contribution < -0.4 is 5.32 Å². The third-order valence-corrected chi connectivity index (χ3v) is 3.92. The van der Waals surface area contributed by atoms with Gasteiger partial charge >= 0.3 is 0 Å². The van der Waals surface area contributed by atoms with E-state index < -0.39 is 0 Å². The summed E-state index contributed by atoms with van der Waals surface area (Å²) < 4.78 is 0. The highest BCUT2D eigenvalue weighted by Gasteiger charge is 2.13. The fourth-order valence-electron chi connectivity index (χ4n) is 1.94. The first-order chi connectivity index (χ1) is 10.0. The molecule has 0 atom stereocenters. The molecule has 3 rings (SSSR count). The molecule has 0 aliphatic carbocycles. The molecule has 1 aromatic carbocycles. The van der Waals surface area contributed by atoms with Crippen LogP contribution in [0, 0.1) is 0 Å². The first-order valence-electron chi connectivity index (χ1n) is 6.80. The van der Waals surface area contributed by atoms with Crippen molar-refractivity contribution in [2.24, 2.45) is 0 Å². The molecule has 0 radical (unpaired) electrons. The topological polar surface area (TPSA) is 63.6 Å². The van der Waals surface area contributed by atoms with Crippen molar-refractivity contribution < 1.29 is 0 Å². The van der Waals surface area contributed by atoms with Gasteiger partial charge in [-0.25, -0.2) is 0 Å². The maximum atomic E-state index is 4.41. The first kappa shape index (κ1) is 14.0. The number of para-hydroxylation sites is 1. The average molecular weight is 299 g/mol. The fourth-order valence-corrected chi connectivity index (χ4v) is 2.75. The molecular weight excluding hydrogens is 282 g/mol. The zero-order valence-corrected chi connectivity index (χ0v) is 13.1. The number of nitrogens with zero attached hydrogens (tertiary/aromatic N) is 4. The summed E-state index contributed by atoms with van der Waals surface area (Å²) in [6, 6.07) is 5.94.